The van der Waals surface area contributed by atoms with Crippen molar-refractivity contribution in [3.05, 3.63) is 22.4 Å². The molecule has 3 saturated heterocycles. The van der Waals surface area contributed by atoms with Gasteiger partial charge in [-0.15, -0.1) is 0 Å². The van der Waals surface area contributed by atoms with Crippen LogP contribution in [0.4, 0.5) is 13.2 Å². The molecule has 3 fully saturated rings. The van der Waals surface area contributed by atoms with Gasteiger partial charge >= 0.3 is 12.1 Å². The molecule has 3 aliphatic rings. The number of fused-ring (bicyclic) bond motifs is 2. The summed E-state index contributed by atoms with van der Waals surface area (Å²) in [4.78, 5) is 38.6. The van der Waals surface area contributed by atoms with Crippen LogP contribution in [0.5, 0.6) is 0 Å². The van der Waals surface area contributed by atoms with E-state index in [0.717, 1.165) is 51.1 Å². The van der Waals surface area contributed by atoms with Crippen LogP contribution in [0.25, 0.3) is 0 Å². The lowest BCUT2D eigenvalue weighted by Crippen LogP contribution is -2.56. The molecule has 1 unspecified atom stereocenters. The fourth-order valence-electron chi connectivity index (χ4n) is 5.19. The number of aliphatic carboxylic acids is 1. The van der Waals surface area contributed by atoms with Crippen LogP contribution in [-0.2, 0) is 20.8 Å². The summed E-state index contributed by atoms with van der Waals surface area (Å²) in [7, 11) is 0. The highest BCUT2D eigenvalue weighted by Gasteiger charge is 2.57. The number of rotatable bonds is 5. The molecule has 3 aliphatic heterocycles. The predicted octanol–water partition coefficient (Wildman–Crippen LogP) is 3.01. The first kappa shape index (κ1) is 26.5. The SMILES string of the molecule is CCC(C)CN1C[C@H]2C(=O)NC3(CCN(C(=O)Cc4ccsc4)CC3)[C@H]2C1.O=C(O)C(F)(F)F. The highest BCUT2D eigenvalue weighted by molar-refractivity contribution is 7.08. The minimum Gasteiger partial charge on any atom is -0.475 e. The molecule has 1 aromatic heterocycles. The Bertz CT molecular complexity index is 869. The lowest BCUT2D eigenvalue weighted by atomic mass is 9.75. The quantitative estimate of drug-likeness (QED) is 0.645. The van der Waals surface area contributed by atoms with Crippen LogP contribution in [-0.4, -0.2) is 77.1 Å². The molecule has 0 saturated carbocycles. The number of amides is 2. The van der Waals surface area contributed by atoms with Gasteiger partial charge in [0.2, 0.25) is 11.8 Å². The van der Waals surface area contributed by atoms with Crippen LogP contribution in [0.15, 0.2) is 16.8 Å². The molecule has 1 spiro atoms. The Morgan fingerprint density at radius 1 is 1.29 bits per heavy atom. The zero-order valence-corrected chi connectivity index (χ0v) is 20.3. The second-order valence-electron chi connectivity index (χ2n) is 9.58. The second kappa shape index (κ2) is 10.6. The van der Waals surface area contributed by atoms with Crippen LogP contribution in [0.1, 0.15) is 38.7 Å². The van der Waals surface area contributed by atoms with Gasteiger partial charge in [-0.05, 0) is 41.1 Å². The molecule has 4 heterocycles. The minimum atomic E-state index is -5.08. The minimum absolute atomic E-state index is 0.0921. The zero-order chi connectivity index (χ0) is 25.1. The molecule has 11 heteroatoms. The molecule has 7 nitrogen and oxygen atoms in total. The van der Waals surface area contributed by atoms with E-state index >= 15 is 0 Å². The Labute approximate surface area is 201 Å². The van der Waals surface area contributed by atoms with Crippen LogP contribution >= 0.6 is 11.3 Å². The van der Waals surface area contributed by atoms with Gasteiger partial charge in [-0.2, -0.15) is 24.5 Å². The summed E-state index contributed by atoms with van der Waals surface area (Å²) in [6, 6.07) is 2.03. The van der Waals surface area contributed by atoms with E-state index in [4.69, 9.17) is 9.90 Å². The van der Waals surface area contributed by atoms with Gasteiger partial charge in [-0.1, -0.05) is 20.3 Å². The van der Waals surface area contributed by atoms with Gasteiger partial charge in [0.25, 0.3) is 0 Å². The van der Waals surface area contributed by atoms with Crippen molar-refractivity contribution >= 4 is 29.1 Å². The normalized spacial score (nSPS) is 24.9. The van der Waals surface area contributed by atoms with Gasteiger partial charge in [0.05, 0.1) is 12.3 Å². The monoisotopic (exact) mass is 503 g/mol. The molecule has 0 bridgehead atoms. The van der Waals surface area contributed by atoms with E-state index in [1.54, 1.807) is 11.3 Å². The number of nitrogens with one attached hydrogen (secondary N) is 1. The van der Waals surface area contributed by atoms with Crippen molar-refractivity contribution in [2.75, 3.05) is 32.7 Å². The number of alkyl halides is 3. The number of hydrogen-bond acceptors (Lipinski definition) is 5. The Kier molecular flexibility index (Phi) is 8.28. The van der Waals surface area contributed by atoms with Crippen LogP contribution in [0.3, 0.4) is 0 Å². The molecule has 2 amide bonds. The average molecular weight is 504 g/mol. The number of hydrogen-bond donors (Lipinski definition) is 2. The molecule has 0 aliphatic carbocycles. The molecule has 2 N–H and O–H groups in total. The Hall–Kier alpha value is -2.14. The molecular weight excluding hydrogens is 471 g/mol. The summed E-state index contributed by atoms with van der Waals surface area (Å²) in [6.45, 7) is 9.08. The Morgan fingerprint density at radius 2 is 1.94 bits per heavy atom. The summed E-state index contributed by atoms with van der Waals surface area (Å²) in [5, 5.41) is 14.6. The lowest BCUT2D eigenvalue weighted by molar-refractivity contribution is -0.192. The standard InChI is InChI=1S/C21H31N3O2S.C2HF3O2/c1-3-15(2)11-23-12-17-18(13-23)21(22-20(17)26)5-7-24(8-6-21)19(25)10-16-4-9-27-14-16;3-2(4,5)1(6)7/h4,9,14-15,17-18H,3,5-8,10-13H2,1-2H3,(H,22,26);(H,6,7)/t15?,17-,18+;/m1./s1. The summed E-state index contributed by atoms with van der Waals surface area (Å²) >= 11 is 1.64. The third kappa shape index (κ3) is 6.10. The van der Waals surface area contributed by atoms with Gasteiger partial charge in [0, 0.05) is 44.2 Å². The summed E-state index contributed by atoms with van der Waals surface area (Å²) in [5.41, 5.74) is 1.02. The number of carboxylic acids is 1. The van der Waals surface area contributed by atoms with Crippen molar-refractivity contribution in [3.63, 3.8) is 0 Å². The highest BCUT2D eigenvalue weighted by atomic mass is 32.1. The zero-order valence-electron chi connectivity index (χ0n) is 19.4. The highest BCUT2D eigenvalue weighted by Crippen LogP contribution is 2.44. The van der Waals surface area contributed by atoms with E-state index < -0.39 is 12.1 Å². The van der Waals surface area contributed by atoms with Gasteiger partial charge < -0.3 is 20.2 Å². The first-order valence-corrected chi connectivity index (χ1v) is 12.5. The van der Waals surface area contributed by atoms with Crippen molar-refractivity contribution in [2.24, 2.45) is 17.8 Å². The third-order valence-electron chi connectivity index (χ3n) is 7.27. The van der Waals surface area contributed by atoms with E-state index in [0.29, 0.717) is 18.3 Å². The van der Waals surface area contributed by atoms with Crippen LogP contribution in [0, 0.1) is 17.8 Å². The molecule has 3 atom stereocenters. The number of halogens is 3. The maximum absolute atomic E-state index is 12.6. The number of carboxylic acid groups (broad SMARTS) is 1. The maximum Gasteiger partial charge on any atom is 0.490 e. The number of thiophene rings is 1. The van der Waals surface area contributed by atoms with Gasteiger partial charge in [-0.3, -0.25) is 9.59 Å². The molecule has 34 heavy (non-hydrogen) atoms. The first-order valence-electron chi connectivity index (χ1n) is 11.6. The lowest BCUT2D eigenvalue weighted by Gasteiger charge is -2.43. The number of nitrogens with zero attached hydrogens (tertiary/aromatic N) is 2. The molecule has 0 aromatic carbocycles. The largest absolute Gasteiger partial charge is 0.490 e. The molecular formula is C23H32F3N3O4S. The fraction of sp³-hybridized carbons (Fsp3) is 0.696. The molecule has 0 radical (unpaired) electrons. The summed E-state index contributed by atoms with van der Waals surface area (Å²) in [6.07, 6.45) is -1.61. The van der Waals surface area contributed by atoms with E-state index in [1.165, 1.54) is 6.42 Å². The Morgan fingerprint density at radius 3 is 2.47 bits per heavy atom. The first-order chi connectivity index (χ1) is 15.9. The van der Waals surface area contributed by atoms with Gasteiger partial charge in [0.15, 0.2) is 0 Å². The van der Waals surface area contributed by atoms with Crippen molar-refractivity contribution in [1.82, 2.24) is 15.1 Å². The smallest absolute Gasteiger partial charge is 0.475 e. The van der Waals surface area contributed by atoms with E-state index in [1.807, 2.05) is 16.3 Å². The molecule has 4 rings (SSSR count). The van der Waals surface area contributed by atoms with Gasteiger partial charge in [0.1, 0.15) is 0 Å². The average Bonchev–Trinajstić information content (AvgIpc) is 3.48. The summed E-state index contributed by atoms with van der Waals surface area (Å²) < 4.78 is 31.7. The molecule has 1 aromatic rings. The van der Waals surface area contributed by atoms with E-state index in [-0.39, 0.29) is 23.3 Å². The van der Waals surface area contributed by atoms with Gasteiger partial charge in [-0.25, -0.2) is 4.79 Å². The predicted molar refractivity (Wildman–Crippen MR) is 121 cm³/mol. The number of likely N-dealkylation sites (tertiary alicyclic amines) is 2. The Balaban J connectivity index is 0.000000406. The topological polar surface area (TPSA) is 90.0 Å². The third-order valence-corrected chi connectivity index (χ3v) is 8.00. The van der Waals surface area contributed by atoms with E-state index in [2.05, 4.69) is 29.4 Å². The molecule has 190 valence electrons. The van der Waals surface area contributed by atoms with Crippen LogP contribution < -0.4 is 5.32 Å². The second-order valence-corrected chi connectivity index (χ2v) is 10.4. The van der Waals surface area contributed by atoms with Crippen molar-refractivity contribution in [3.8, 4) is 0 Å². The van der Waals surface area contributed by atoms with E-state index in [9.17, 15) is 22.8 Å². The maximum atomic E-state index is 12.6. The number of piperidine rings is 1. The van der Waals surface area contributed by atoms with Crippen molar-refractivity contribution < 1.29 is 32.7 Å². The van der Waals surface area contributed by atoms with Crippen molar-refractivity contribution in [2.45, 2.75) is 51.2 Å². The van der Waals surface area contributed by atoms with Crippen molar-refractivity contribution in [1.29, 1.82) is 0 Å². The number of carbonyl (C=O) groups is 3. The van der Waals surface area contributed by atoms with Crippen LogP contribution in [0.2, 0.25) is 0 Å². The number of carbonyl (C=O) groups excluding carboxylic acids is 2. The fourth-order valence-corrected chi connectivity index (χ4v) is 5.86. The summed E-state index contributed by atoms with van der Waals surface area (Å²) in [5.74, 6) is -1.07.